The number of aliphatic hydroxyl groups is 2. The quantitative estimate of drug-likeness (QED) is 0.120. The zero-order valence-corrected chi connectivity index (χ0v) is 18.0. The minimum Gasteiger partial charge on any atom is -0.481 e. The second-order valence-electron chi connectivity index (χ2n) is 4.96. The number of hydrogen-bond donors (Lipinski definition) is 8. The van der Waals surface area contributed by atoms with Gasteiger partial charge in [0.2, 0.25) is 0 Å². The molecule has 30 heavy (non-hydrogen) atoms. The van der Waals surface area contributed by atoms with Gasteiger partial charge in [0.15, 0.2) is 11.2 Å². The molecule has 0 aromatic rings. The molecule has 3 radical (unpaired) electrons. The molecule has 0 aliphatic rings. The molecule has 0 atom stereocenters. The van der Waals surface area contributed by atoms with Gasteiger partial charge in [0.1, 0.15) is 0 Å². The molecule has 0 amide bonds. The molecule has 0 saturated heterocycles. The zero-order valence-electron chi connectivity index (χ0n) is 14.5. The normalized spacial score (nSPS) is 9.40. The molecule has 0 unspecified atom stereocenters. The van der Waals surface area contributed by atoms with Crippen LogP contribution < -0.4 is 0 Å². The number of carboxylic acids is 6. The average molecular weight is 567 g/mol. The Bertz CT molecular complexity index is 522. The second kappa shape index (κ2) is 18.1. The number of hydrogen-bond acceptors (Lipinski definition) is 8. The van der Waals surface area contributed by atoms with Crippen molar-refractivity contribution in [2.45, 2.75) is 36.9 Å². The van der Waals surface area contributed by atoms with Gasteiger partial charge in [-0.1, -0.05) is 0 Å². The van der Waals surface area contributed by atoms with Crippen LogP contribution >= 0.6 is 0 Å². The van der Waals surface area contributed by atoms with Crippen molar-refractivity contribution in [3.63, 3.8) is 0 Å². The first-order valence-corrected chi connectivity index (χ1v) is 6.34. The first kappa shape index (κ1) is 42.4. The molecule has 0 rings (SSSR count). The van der Waals surface area contributed by atoms with E-state index in [4.69, 9.17) is 40.9 Å². The van der Waals surface area contributed by atoms with Gasteiger partial charge in [0, 0.05) is 51.2 Å². The van der Waals surface area contributed by atoms with Gasteiger partial charge >= 0.3 is 35.8 Å². The Kier molecular flexibility index (Phi) is 25.5. The Morgan fingerprint density at radius 3 is 0.667 bits per heavy atom. The summed E-state index contributed by atoms with van der Waals surface area (Å²) >= 11 is 0. The summed E-state index contributed by atoms with van der Waals surface area (Å²) < 4.78 is 0. The monoisotopic (exact) mass is 567 g/mol. The SMILES string of the molecule is O.O=C(O)CC(O)(CC(=O)O)C(=O)O.O=C(O)CC(O)(CC(=O)O)C(=O)O.[Mn].[Mn].[Mn]. The van der Waals surface area contributed by atoms with Gasteiger partial charge in [-0.3, -0.25) is 19.2 Å². The van der Waals surface area contributed by atoms with Crippen molar-refractivity contribution in [3.8, 4) is 0 Å². The molecule has 0 aromatic heterocycles. The molecule has 177 valence electrons. The first-order valence-electron chi connectivity index (χ1n) is 6.34. The number of carboxylic acid groups (broad SMARTS) is 6. The fourth-order valence-electron chi connectivity index (χ4n) is 1.43. The first-order chi connectivity index (χ1) is 11.6. The van der Waals surface area contributed by atoms with E-state index in [9.17, 15) is 28.8 Å². The predicted octanol–water partition coefficient (Wildman–Crippen LogP) is -3.33. The molecule has 0 aliphatic carbocycles. The summed E-state index contributed by atoms with van der Waals surface area (Å²) in [4.78, 5) is 61.0. The summed E-state index contributed by atoms with van der Waals surface area (Å²) in [5.74, 6) is -10.0. The molecule has 10 N–H and O–H groups in total. The molecule has 18 heteroatoms. The van der Waals surface area contributed by atoms with Crippen LogP contribution in [0.15, 0.2) is 0 Å². The van der Waals surface area contributed by atoms with Gasteiger partial charge in [0.25, 0.3) is 0 Å². The van der Waals surface area contributed by atoms with Crippen LogP contribution in [0, 0.1) is 0 Å². The predicted molar refractivity (Wildman–Crippen MR) is 77.8 cm³/mol. The Morgan fingerprint density at radius 1 is 0.467 bits per heavy atom. The summed E-state index contributed by atoms with van der Waals surface area (Å²) in [6.07, 6.45) is -4.58. The third-order valence-corrected chi connectivity index (χ3v) is 2.57. The second-order valence-corrected chi connectivity index (χ2v) is 4.96. The van der Waals surface area contributed by atoms with Crippen LogP contribution in [0.25, 0.3) is 0 Å². The fraction of sp³-hybridized carbons (Fsp3) is 0.500. The van der Waals surface area contributed by atoms with Gasteiger partial charge < -0.3 is 46.3 Å². The van der Waals surface area contributed by atoms with Crippen molar-refractivity contribution >= 4 is 35.8 Å². The molecular formula is C12H18Mn3O15. The largest absolute Gasteiger partial charge is 0.481 e. The fourth-order valence-corrected chi connectivity index (χ4v) is 1.43. The Morgan fingerprint density at radius 2 is 0.600 bits per heavy atom. The van der Waals surface area contributed by atoms with Crippen LogP contribution in [0.3, 0.4) is 0 Å². The third-order valence-electron chi connectivity index (χ3n) is 2.57. The van der Waals surface area contributed by atoms with Gasteiger partial charge in [0.05, 0.1) is 25.7 Å². The topological polar surface area (TPSA) is 296 Å². The van der Waals surface area contributed by atoms with E-state index in [1.165, 1.54) is 0 Å². The average Bonchev–Trinajstić information content (AvgIpc) is 2.34. The van der Waals surface area contributed by atoms with Crippen molar-refractivity contribution in [1.82, 2.24) is 0 Å². The van der Waals surface area contributed by atoms with E-state index in [1.807, 2.05) is 0 Å². The third kappa shape index (κ3) is 18.3. The van der Waals surface area contributed by atoms with E-state index < -0.39 is 72.7 Å². The number of rotatable bonds is 10. The van der Waals surface area contributed by atoms with E-state index in [1.54, 1.807) is 0 Å². The molecule has 0 fully saturated rings. The molecule has 0 heterocycles. The standard InChI is InChI=1S/2C6H8O7.3Mn.H2O/c2*7-3(8)1-6(13,5(11)12)2-4(9)10;;;;/h2*13H,1-2H2,(H,7,8)(H,9,10)(H,11,12);;;;1H2. The van der Waals surface area contributed by atoms with Crippen LogP contribution in [0.2, 0.25) is 0 Å². The molecule has 0 bridgehead atoms. The maximum Gasteiger partial charge on any atom is 0.336 e. The Labute approximate surface area is 198 Å². The van der Waals surface area contributed by atoms with Crippen molar-refractivity contribution < 1.29 is 126 Å². The summed E-state index contributed by atoms with van der Waals surface area (Å²) in [6.45, 7) is 0. The minimum atomic E-state index is -2.74. The van der Waals surface area contributed by atoms with E-state index >= 15 is 0 Å². The Balaban J connectivity index is -0.0000000847. The zero-order chi connectivity index (χ0) is 21.3. The molecule has 15 nitrogen and oxygen atoms in total. The van der Waals surface area contributed by atoms with Crippen molar-refractivity contribution in [2.75, 3.05) is 0 Å². The molecule has 0 aliphatic heterocycles. The van der Waals surface area contributed by atoms with Crippen LogP contribution in [-0.2, 0) is 80.0 Å². The smallest absolute Gasteiger partial charge is 0.336 e. The van der Waals surface area contributed by atoms with Gasteiger partial charge in [-0.15, -0.1) is 0 Å². The Hall–Kier alpha value is -1.74. The summed E-state index contributed by atoms with van der Waals surface area (Å²) in [5, 5.41) is 67.6. The van der Waals surface area contributed by atoms with E-state index in [0.29, 0.717) is 0 Å². The summed E-state index contributed by atoms with van der Waals surface area (Å²) in [5.41, 5.74) is -5.48. The van der Waals surface area contributed by atoms with Gasteiger partial charge in [-0.2, -0.15) is 0 Å². The van der Waals surface area contributed by atoms with Crippen molar-refractivity contribution in [2.24, 2.45) is 0 Å². The van der Waals surface area contributed by atoms with Gasteiger partial charge in [-0.05, 0) is 0 Å². The van der Waals surface area contributed by atoms with E-state index in [2.05, 4.69) is 0 Å². The van der Waals surface area contributed by atoms with Crippen LogP contribution in [0.4, 0.5) is 0 Å². The maximum atomic E-state index is 10.3. The van der Waals surface area contributed by atoms with E-state index in [0.717, 1.165) is 0 Å². The summed E-state index contributed by atoms with van der Waals surface area (Å²) in [6, 6.07) is 0. The van der Waals surface area contributed by atoms with E-state index in [-0.39, 0.29) is 56.7 Å². The van der Waals surface area contributed by atoms with Crippen molar-refractivity contribution in [3.05, 3.63) is 0 Å². The molecule has 0 saturated carbocycles. The number of aliphatic carboxylic acids is 6. The summed E-state index contributed by atoms with van der Waals surface area (Å²) in [7, 11) is 0. The van der Waals surface area contributed by atoms with Crippen LogP contribution in [0.5, 0.6) is 0 Å². The molecule has 0 spiro atoms. The van der Waals surface area contributed by atoms with Crippen LogP contribution in [0.1, 0.15) is 25.7 Å². The maximum absolute atomic E-state index is 10.3. The van der Waals surface area contributed by atoms with Crippen LogP contribution in [-0.4, -0.2) is 93.3 Å². The number of carbonyl (C=O) groups is 6. The molecule has 0 aromatic carbocycles. The van der Waals surface area contributed by atoms with Gasteiger partial charge in [-0.25, -0.2) is 9.59 Å². The van der Waals surface area contributed by atoms with Crippen molar-refractivity contribution in [1.29, 1.82) is 0 Å². The molecular weight excluding hydrogens is 549 g/mol. The minimum absolute atomic E-state index is 0.